The number of rotatable bonds is 6. The molecule has 9 heteroatoms. The van der Waals surface area contributed by atoms with Gasteiger partial charge in [0.05, 0.1) is 11.4 Å². The third-order valence-corrected chi connectivity index (χ3v) is 5.83. The number of benzene rings is 1. The van der Waals surface area contributed by atoms with Gasteiger partial charge in [0.15, 0.2) is 0 Å². The fraction of sp³-hybridized carbons (Fsp3) is 0.300. The number of thiophene rings is 1. The Labute approximate surface area is 171 Å². The number of primary amides is 1. The van der Waals surface area contributed by atoms with Crippen LogP contribution in [0.2, 0.25) is 0 Å². The molecule has 1 fully saturated rings. The van der Waals surface area contributed by atoms with E-state index < -0.39 is 5.91 Å². The van der Waals surface area contributed by atoms with E-state index in [9.17, 15) is 9.59 Å². The quantitative estimate of drug-likeness (QED) is 0.645. The molecule has 0 atom stereocenters. The summed E-state index contributed by atoms with van der Waals surface area (Å²) in [7, 11) is 0. The molecule has 0 saturated carbocycles. The van der Waals surface area contributed by atoms with E-state index in [2.05, 4.69) is 20.4 Å². The van der Waals surface area contributed by atoms with Gasteiger partial charge in [-0.2, -0.15) is 4.98 Å². The van der Waals surface area contributed by atoms with Crippen LogP contribution in [-0.4, -0.2) is 39.9 Å². The highest BCUT2D eigenvalue weighted by Crippen LogP contribution is 2.24. The molecular formula is C20H21N5O3S. The number of carbonyl (C=O) groups excluding carboxylic acids is 2. The molecule has 3 aromatic rings. The number of nitrogens with two attached hydrogens (primary N) is 1. The zero-order valence-electron chi connectivity index (χ0n) is 15.7. The molecular weight excluding hydrogens is 390 g/mol. The van der Waals surface area contributed by atoms with Gasteiger partial charge in [-0.25, -0.2) is 0 Å². The van der Waals surface area contributed by atoms with E-state index >= 15 is 0 Å². The number of amides is 2. The Morgan fingerprint density at radius 3 is 2.62 bits per heavy atom. The second kappa shape index (κ2) is 8.54. The Kier molecular flexibility index (Phi) is 5.68. The molecule has 3 heterocycles. The number of piperidine rings is 1. The molecule has 0 aliphatic carbocycles. The van der Waals surface area contributed by atoms with Crippen LogP contribution in [0.5, 0.6) is 0 Å². The average molecular weight is 411 g/mol. The van der Waals surface area contributed by atoms with E-state index in [-0.39, 0.29) is 11.8 Å². The summed E-state index contributed by atoms with van der Waals surface area (Å²) in [5, 5.41) is 8.93. The number of hydrogen-bond donors (Lipinski definition) is 2. The van der Waals surface area contributed by atoms with Crippen LogP contribution >= 0.6 is 11.3 Å². The van der Waals surface area contributed by atoms with Gasteiger partial charge in [-0.05, 0) is 61.6 Å². The highest BCUT2D eigenvalue weighted by Gasteiger charge is 2.26. The van der Waals surface area contributed by atoms with Crippen LogP contribution in [0.4, 0.5) is 5.69 Å². The largest absolute Gasteiger partial charge is 0.366 e. The second-order valence-electron chi connectivity index (χ2n) is 6.97. The lowest BCUT2D eigenvalue weighted by Gasteiger charge is -2.30. The number of carbonyl (C=O) groups is 2. The second-order valence-corrected chi connectivity index (χ2v) is 7.92. The van der Waals surface area contributed by atoms with E-state index in [4.69, 9.17) is 10.3 Å². The molecule has 0 unspecified atom stereocenters. The number of aromatic nitrogens is 2. The highest BCUT2D eigenvalue weighted by molar-refractivity contribution is 7.13. The zero-order chi connectivity index (χ0) is 20.2. The van der Waals surface area contributed by atoms with E-state index in [0.717, 1.165) is 30.8 Å². The van der Waals surface area contributed by atoms with Gasteiger partial charge in [-0.15, -0.1) is 11.3 Å². The van der Waals surface area contributed by atoms with Gasteiger partial charge >= 0.3 is 0 Å². The van der Waals surface area contributed by atoms with Crippen molar-refractivity contribution in [3.8, 4) is 10.7 Å². The van der Waals surface area contributed by atoms with Crippen molar-refractivity contribution >= 4 is 28.8 Å². The lowest BCUT2D eigenvalue weighted by molar-refractivity contribution is -0.121. The summed E-state index contributed by atoms with van der Waals surface area (Å²) in [6, 6.07) is 10.5. The van der Waals surface area contributed by atoms with Crippen molar-refractivity contribution in [2.45, 2.75) is 19.4 Å². The van der Waals surface area contributed by atoms with Crippen molar-refractivity contribution in [3.63, 3.8) is 0 Å². The predicted octanol–water partition coefficient (Wildman–Crippen LogP) is 2.75. The van der Waals surface area contributed by atoms with Gasteiger partial charge in [-0.1, -0.05) is 11.2 Å². The molecule has 0 spiro atoms. The van der Waals surface area contributed by atoms with Crippen LogP contribution in [0.25, 0.3) is 10.7 Å². The minimum atomic E-state index is -0.487. The van der Waals surface area contributed by atoms with Gasteiger partial charge in [0.25, 0.3) is 0 Å². The van der Waals surface area contributed by atoms with Crippen molar-refractivity contribution in [2.75, 3.05) is 18.4 Å². The Morgan fingerprint density at radius 1 is 1.21 bits per heavy atom. The van der Waals surface area contributed by atoms with E-state index in [0.29, 0.717) is 29.5 Å². The SMILES string of the molecule is NC(=O)c1ccc(NC(=O)C2CCN(Cc3nc(-c4cccs4)no3)CC2)cc1. The van der Waals surface area contributed by atoms with E-state index in [1.54, 1.807) is 35.6 Å². The van der Waals surface area contributed by atoms with Crippen molar-refractivity contribution < 1.29 is 14.1 Å². The monoisotopic (exact) mass is 411 g/mol. The summed E-state index contributed by atoms with van der Waals surface area (Å²) in [6.45, 7) is 2.16. The van der Waals surface area contributed by atoms with Crippen LogP contribution in [0, 0.1) is 5.92 Å². The van der Waals surface area contributed by atoms with Crippen LogP contribution < -0.4 is 11.1 Å². The molecule has 1 aliphatic heterocycles. The molecule has 4 rings (SSSR count). The van der Waals surface area contributed by atoms with Crippen LogP contribution in [0.15, 0.2) is 46.3 Å². The number of hydrogen-bond acceptors (Lipinski definition) is 7. The van der Waals surface area contributed by atoms with Crippen LogP contribution in [0.3, 0.4) is 0 Å². The molecule has 1 aliphatic rings. The number of likely N-dealkylation sites (tertiary alicyclic amines) is 1. The van der Waals surface area contributed by atoms with Crippen LogP contribution in [-0.2, 0) is 11.3 Å². The maximum atomic E-state index is 12.5. The molecule has 2 amide bonds. The maximum Gasteiger partial charge on any atom is 0.248 e. The summed E-state index contributed by atoms with van der Waals surface area (Å²) in [6.07, 6.45) is 1.52. The number of nitrogens with zero attached hydrogens (tertiary/aromatic N) is 3. The standard InChI is InChI=1S/C20H21N5O3S/c21-18(26)13-3-5-15(6-4-13)22-20(27)14-7-9-25(10-8-14)12-17-23-19(24-28-17)16-2-1-11-29-16/h1-6,11,14H,7-10,12H2,(H2,21,26)(H,22,27). The fourth-order valence-electron chi connectivity index (χ4n) is 3.33. The molecule has 29 heavy (non-hydrogen) atoms. The van der Waals surface area contributed by atoms with Gasteiger partial charge < -0.3 is 15.6 Å². The average Bonchev–Trinajstić information content (AvgIpc) is 3.41. The summed E-state index contributed by atoms with van der Waals surface area (Å²) in [4.78, 5) is 31.3. The normalized spacial score (nSPS) is 15.3. The summed E-state index contributed by atoms with van der Waals surface area (Å²) in [5.74, 6) is 0.664. The molecule has 0 bridgehead atoms. The maximum absolute atomic E-state index is 12.5. The third-order valence-electron chi connectivity index (χ3n) is 4.96. The Hall–Kier alpha value is -3.04. The summed E-state index contributed by atoms with van der Waals surface area (Å²) < 4.78 is 5.36. The lowest BCUT2D eigenvalue weighted by atomic mass is 9.96. The first-order chi connectivity index (χ1) is 14.1. The molecule has 1 aromatic carbocycles. The first-order valence-corrected chi connectivity index (χ1v) is 10.3. The predicted molar refractivity (Wildman–Crippen MR) is 109 cm³/mol. The molecule has 8 nitrogen and oxygen atoms in total. The van der Waals surface area contributed by atoms with Gasteiger partial charge in [0.1, 0.15) is 0 Å². The topological polar surface area (TPSA) is 114 Å². The lowest BCUT2D eigenvalue weighted by Crippen LogP contribution is -2.37. The number of anilines is 1. The van der Waals surface area contributed by atoms with E-state index in [1.807, 2.05) is 17.5 Å². The minimum Gasteiger partial charge on any atom is -0.366 e. The fourth-order valence-corrected chi connectivity index (χ4v) is 3.98. The highest BCUT2D eigenvalue weighted by atomic mass is 32.1. The van der Waals surface area contributed by atoms with Crippen molar-refractivity contribution in [1.82, 2.24) is 15.0 Å². The Balaban J connectivity index is 1.26. The van der Waals surface area contributed by atoms with Crippen molar-refractivity contribution in [1.29, 1.82) is 0 Å². The Morgan fingerprint density at radius 2 is 1.97 bits per heavy atom. The molecule has 150 valence electrons. The van der Waals surface area contributed by atoms with Gasteiger partial charge in [-0.3, -0.25) is 14.5 Å². The molecule has 1 saturated heterocycles. The first-order valence-electron chi connectivity index (χ1n) is 9.38. The molecule has 2 aromatic heterocycles. The summed E-state index contributed by atoms with van der Waals surface area (Å²) >= 11 is 1.58. The summed E-state index contributed by atoms with van der Waals surface area (Å²) in [5.41, 5.74) is 6.31. The minimum absolute atomic E-state index is 0.00533. The number of nitrogens with one attached hydrogen (secondary N) is 1. The van der Waals surface area contributed by atoms with Crippen molar-refractivity contribution in [2.24, 2.45) is 11.7 Å². The van der Waals surface area contributed by atoms with Crippen molar-refractivity contribution in [3.05, 3.63) is 53.2 Å². The smallest absolute Gasteiger partial charge is 0.248 e. The third kappa shape index (κ3) is 4.69. The zero-order valence-corrected chi connectivity index (χ0v) is 16.5. The molecule has 3 N–H and O–H groups in total. The van der Waals surface area contributed by atoms with E-state index in [1.165, 1.54) is 0 Å². The Bertz CT molecular complexity index is 976. The first kappa shape index (κ1) is 19.3. The molecule has 0 radical (unpaired) electrons. The van der Waals surface area contributed by atoms with Gasteiger partial charge in [0.2, 0.25) is 23.5 Å². The van der Waals surface area contributed by atoms with Gasteiger partial charge in [0, 0.05) is 17.2 Å². The van der Waals surface area contributed by atoms with Crippen LogP contribution in [0.1, 0.15) is 29.1 Å².